The highest BCUT2D eigenvalue weighted by Crippen LogP contribution is 2.37. The monoisotopic (exact) mass is 379 g/mol. The highest BCUT2D eigenvalue weighted by Gasteiger charge is 2.29. The molecular formula is C21H21N3O2S. The van der Waals surface area contributed by atoms with Gasteiger partial charge in [-0.25, -0.2) is 4.98 Å². The summed E-state index contributed by atoms with van der Waals surface area (Å²) in [6.07, 6.45) is 4.20. The molecule has 138 valence electrons. The molecule has 1 amide bonds. The molecule has 6 heteroatoms. The van der Waals surface area contributed by atoms with Crippen LogP contribution in [-0.2, 0) is 4.79 Å². The SMILES string of the molecule is O=C(Nc1nc2ccccc2n1C1CCCC1)C1CSc2ccccc2O1. The van der Waals surface area contributed by atoms with Gasteiger partial charge in [-0.3, -0.25) is 10.1 Å². The molecule has 1 aliphatic heterocycles. The third kappa shape index (κ3) is 3.08. The number of thioether (sulfide) groups is 1. The number of fused-ring (bicyclic) bond motifs is 2. The first-order valence-electron chi connectivity index (χ1n) is 9.46. The lowest BCUT2D eigenvalue weighted by molar-refractivity contribution is -0.122. The zero-order valence-corrected chi connectivity index (χ0v) is 15.7. The Kier molecular flexibility index (Phi) is 4.28. The Morgan fingerprint density at radius 1 is 1.11 bits per heavy atom. The standard InChI is InChI=1S/C21H21N3O2S/c25-20(18-13-27-19-12-6-5-11-17(19)26-18)23-21-22-15-9-3-4-10-16(15)24(21)14-7-1-2-8-14/h3-6,9-12,14,18H,1-2,7-8,13H2,(H,22,23,25). The van der Waals surface area contributed by atoms with E-state index in [0.717, 1.165) is 34.5 Å². The van der Waals surface area contributed by atoms with Crippen LogP contribution in [0.15, 0.2) is 53.4 Å². The molecule has 3 aromatic rings. The van der Waals surface area contributed by atoms with Gasteiger partial charge in [0.25, 0.3) is 5.91 Å². The van der Waals surface area contributed by atoms with E-state index in [9.17, 15) is 4.79 Å². The molecule has 1 saturated carbocycles. The van der Waals surface area contributed by atoms with E-state index in [0.29, 0.717) is 17.7 Å². The average molecular weight is 379 g/mol. The van der Waals surface area contributed by atoms with Gasteiger partial charge in [0.2, 0.25) is 5.95 Å². The number of rotatable bonds is 3. The van der Waals surface area contributed by atoms with Gasteiger partial charge in [0.1, 0.15) is 5.75 Å². The van der Waals surface area contributed by atoms with Crippen molar-refractivity contribution in [2.75, 3.05) is 11.1 Å². The molecule has 1 N–H and O–H groups in total. The van der Waals surface area contributed by atoms with E-state index >= 15 is 0 Å². The normalized spacial score (nSPS) is 19.6. The van der Waals surface area contributed by atoms with Gasteiger partial charge in [-0.2, -0.15) is 0 Å². The average Bonchev–Trinajstić information content (AvgIpc) is 3.34. The van der Waals surface area contributed by atoms with Crippen LogP contribution in [0.5, 0.6) is 5.75 Å². The second-order valence-corrected chi connectivity index (χ2v) is 8.15. The maximum atomic E-state index is 12.9. The van der Waals surface area contributed by atoms with Crippen LogP contribution in [0, 0.1) is 0 Å². The van der Waals surface area contributed by atoms with Gasteiger partial charge in [-0.1, -0.05) is 37.1 Å². The molecule has 1 aromatic heterocycles. The van der Waals surface area contributed by atoms with Crippen LogP contribution < -0.4 is 10.1 Å². The fourth-order valence-electron chi connectivity index (χ4n) is 4.00. The number of carbonyl (C=O) groups excluding carboxylic acids is 1. The van der Waals surface area contributed by atoms with Crippen LogP contribution in [0.25, 0.3) is 11.0 Å². The van der Waals surface area contributed by atoms with Crippen LogP contribution in [0.1, 0.15) is 31.7 Å². The van der Waals surface area contributed by atoms with Crippen LogP contribution in [0.2, 0.25) is 0 Å². The summed E-state index contributed by atoms with van der Waals surface area (Å²) in [4.78, 5) is 18.7. The Hall–Kier alpha value is -2.47. The molecule has 27 heavy (non-hydrogen) atoms. The predicted molar refractivity (Wildman–Crippen MR) is 107 cm³/mol. The summed E-state index contributed by atoms with van der Waals surface area (Å²) in [5, 5.41) is 3.05. The third-order valence-electron chi connectivity index (χ3n) is 5.32. The Morgan fingerprint density at radius 3 is 2.78 bits per heavy atom. The largest absolute Gasteiger partial charge is 0.479 e. The minimum Gasteiger partial charge on any atom is -0.479 e. The molecule has 0 spiro atoms. The number of nitrogens with one attached hydrogen (secondary N) is 1. The van der Waals surface area contributed by atoms with Crippen molar-refractivity contribution >= 4 is 34.7 Å². The number of imidazole rings is 1. The number of benzene rings is 2. The summed E-state index contributed by atoms with van der Waals surface area (Å²) in [6.45, 7) is 0. The zero-order chi connectivity index (χ0) is 18.2. The van der Waals surface area contributed by atoms with E-state index < -0.39 is 6.10 Å². The number of hydrogen-bond acceptors (Lipinski definition) is 4. The number of carbonyl (C=O) groups is 1. The quantitative estimate of drug-likeness (QED) is 0.720. The van der Waals surface area contributed by atoms with Gasteiger partial charge >= 0.3 is 0 Å². The smallest absolute Gasteiger partial charge is 0.268 e. The van der Waals surface area contributed by atoms with Crippen LogP contribution in [0.3, 0.4) is 0 Å². The Bertz CT molecular complexity index is 994. The number of ether oxygens (including phenoxy) is 1. The molecule has 2 heterocycles. The number of nitrogens with zero attached hydrogens (tertiary/aromatic N) is 2. The van der Waals surface area contributed by atoms with Crippen molar-refractivity contribution in [3.8, 4) is 5.75 Å². The molecule has 2 aromatic carbocycles. The predicted octanol–water partition coefficient (Wildman–Crippen LogP) is 4.64. The topological polar surface area (TPSA) is 56.2 Å². The summed E-state index contributed by atoms with van der Waals surface area (Å²) in [7, 11) is 0. The lowest BCUT2D eigenvalue weighted by atomic mass is 10.2. The van der Waals surface area contributed by atoms with Gasteiger partial charge in [-0.15, -0.1) is 11.8 Å². The van der Waals surface area contributed by atoms with Crippen molar-refractivity contribution in [2.45, 2.75) is 42.7 Å². The van der Waals surface area contributed by atoms with Crippen molar-refractivity contribution in [1.82, 2.24) is 9.55 Å². The first kappa shape index (κ1) is 16.7. The molecule has 1 unspecified atom stereocenters. The number of aromatic nitrogens is 2. The van der Waals surface area contributed by atoms with Gasteiger partial charge in [0.15, 0.2) is 6.10 Å². The fraction of sp³-hybridized carbons (Fsp3) is 0.333. The maximum Gasteiger partial charge on any atom is 0.268 e. The van der Waals surface area contributed by atoms with E-state index in [1.165, 1.54) is 12.8 Å². The van der Waals surface area contributed by atoms with Gasteiger partial charge in [0.05, 0.1) is 11.0 Å². The maximum absolute atomic E-state index is 12.9. The Labute approximate surface area is 162 Å². The minimum atomic E-state index is -0.512. The van der Waals surface area contributed by atoms with Crippen LogP contribution in [-0.4, -0.2) is 27.3 Å². The fourth-order valence-corrected chi connectivity index (χ4v) is 4.99. The van der Waals surface area contributed by atoms with Crippen molar-refractivity contribution in [1.29, 1.82) is 0 Å². The van der Waals surface area contributed by atoms with Crippen molar-refractivity contribution in [2.24, 2.45) is 0 Å². The number of amides is 1. The minimum absolute atomic E-state index is 0.133. The molecule has 5 nitrogen and oxygen atoms in total. The summed E-state index contributed by atoms with van der Waals surface area (Å²) >= 11 is 1.66. The molecule has 0 radical (unpaired) electrons. The molecule has 0 bridgehead atoms. The lowest BCUT2D eigenvalue weighted by Gasteiger charge is -2.25. The number of anilines is 1. The van der Waals surface area contributed by atoms with E-state index in [1.807, 2.05) is 42.5 Å². The summed E-state index contributed by atoms with van der Waals surface area (Å²) in [5.74, 6) is 1.89. The molecule has 0 saturated heterocycles. The lowest BCUT2D eigenvalue weighted by Crippen LogP contribution is -2.37. The third-order valence-corrected chi connectivity index (χ3v) is 6.44. The second-order valence-electron chi connectivity index (χ2n) is 7.09. The molecule has 1 fully saturated rings. The van der Waals surface area contributed by atoms with E-state index in [2.05, 4.69) is 16.0 Å². The molecule has 5 rings (SSSR count). The van der Waals surface area contributed by atoms with Gasteiger partial charge < -0.3 is 9.30 Å². The first-order valence-corrected chi connectivity index (χ1v) is 10.4. The van der Waals surface area contributed by atoms with Crippen LogP contribution >= 0.6 is 11.8 Å². The molecular weight excluding hydrogens is 358 g/mol. The van der Waals surface area contributed by atoms with Gasteiger partial charge in [-0.05, 0) is 37.1 Å². The summed E-state index contributed by atoms with van der Waals surface area (Å²) < 4.78 is 8.15. The molecule has 1 aliphatic carbocycles. The second kappa shape index (κ2) is 6.93. The van der Waals surface area contributed by atoms with Crippen LogP contribution in [0.4, 0.5) is 5.95 Å². The van der Waals surface area contributed by atoms with Crippen molar-refractivity contribution in [3.05, 3.63) is 48.5 Å². The van der Waals surface area contributed by atoms with E-state index in [4.69, 9.17) is 9.72 Å². The Morgan fingerprint density at radius 2 is 1.89 bits per heavy atom. The first-order chi connectivity index (χ1) is 13.3. The summed E-state index contributed by atoms with van der Waals surface area (Å²) in [6, 6.07) is 16.3. The van der Waals surface area contributed by atoms with E-state index in [1.54, 1.807) is 11.8 Å². The van der Waals surface area contributed by atoms with Gasteiger partial charge in [0, 0.05) is 16.7 Å². The zero-order valence-electron chi connectivity index (χ0n) is 14.9. The number of para-hydroxylation sites is 3. The highest BCUT2D eigenvalue weighted by molar-refractivity contribution is 7.99. The molecule has 2 aliphatic rings. The summed E-state index contributed by atoms with van der Waals surface area (Å²) in [5.41, 5.74) is 2.01. The van der Waals surface area contributed by atoms with E-state index in [-0.39, 0.29) is 5.91 Å². The molecule has 1 atom stereocenters. The Balaban J connectivity index is 1.43. The number of hydrogen-bond donors (Lipinski definition) is 1. The van der Waals surface area contributed by atoms with Crippen molar-refractivity contribution in [3.63, 3.8) is 0 Å². The van der Waals surface area contributed by atoms with Crippen molar-refractivity contribution < 1.29 is 9.53 Å². The highest BCUT2D eigenvalue weighted by atomic mass is 32.2.